The highest BCUT2D eigenvalue weighted by Crippen LogP contribution is 2.37. The molecule has 2 aromatic carbocycles. The second-order valence-electron chi connectivity index (χ2n) is 9.97. The molecule has 0 atom stereocenters. The molecule has 2 amide bonds. The number of ether oxygens (including phenoxy) is 1. The highest BCUT2D eigenvalue weighted by molar-refractivity contribution is 5.94. The lowest BCUT2D eigenvalue weighted by Gasteiger charge is -2.42. The number of rotatable bonds is 6. The molecule has 10 heteroatoms. The summed E-state index contributed by atoms with van der Waals surface area (Å²) in [6.45, 7) is 3.86. The van der Waals surface area contributed by atoms with Crippen molar-refractivity contribution in [3.63, 3.8) is 0 Å². The molecule has 2 heterocycles. The van der Waals surface area contributed by atoms with Gasteiger partial charge in [0.1, 0.15) is 11.6 Å². The molecule has 0 saturated carbocycles. The quantitative estimate of drug-likeness (QED) is 0.532. The zero-order valence-corrected chi connectivity index (χ0v) is 20.8. The van der Waals surface area contributed by atoms with Crippen LogP contribution in [0.2, 0.25) is 0 Å². The Labute approximate surface area is 213 Å². The van der Waals surface area contributed by atoms with E-state index in [0.29, 0.717) is 44.8 Å². The summed E-state index contributed by atoms with van der Waals surface area (Å²) in [5.74, 6) is -0.177. The van der Waals surface area contributed by atoms with Gasteiger partial charge in [0.2, 0.25) is 5.91 Å². The van der Waals surface area contributed by atoms with Gasteiger partial charge >= 0.3 is 6.18 Å². The Morgan fingerprint density at radius 1 is 0.865 bits per heavy atom. The Morgan fingerprint density at radius 3 is 2.03 bits per heavy atom. The SMILES string of the molecule is CN1CCN(C(=O)CC2(COc3ccc(F)cc3)CCN(C(=O)c3ccc(C(F)(F)F)cc3)CC2)CC1. The van der Waals surface area contributed by atoms with Crippen LogP contribution in [0.3, 0.4) is 0 Å². The number of benzene rings is 2. The predicted octanol–water partition coefficient (Wildman–Crippen LogP) is 4.31. The maximum absolute atomic E-state index is 13.3. The third-order valence-electron chi connectivity index (χ3n) is 7.31. The zero-order valence-electron chi connectivity index (χ0n) is 20.8. The highest BCUT2D eigenvalue weighted by atomic mass is 19.4. The predicted molar refractivity (Wildman–Crippen MR) is 130 cm³/mol. The lowest BCUT2D eigenvalue weighted by atomic mass is 9.75. The van der Waals surface area contributed by atoms with Gasteiger partial charge in [0.25, 0.3) is 5.91 Å². The number of likely N-dealkylation sites (tertiary alicyclic amines) is 1. The number of carbonyl (C=O) groups excluding carboxylic acids is 2. The van der Waals surface area contributed by atoms with Crippen LogP contribution in [-0.4, -0.2) is 79.4 Å². The van der Waals surface area contributed by atoms with Crippen LogP contribution in [0.4, 0.5) is 17.6 Å². The fourth-order valence-electron chi connectivity index (χ4n) is 4.80. The summed E-state index contributed by atoms with van der Waals surface area (Å²) >= 11 is 0. The molecular weight excluding hydrogens is 490 g/mol. The van der Waals surface area contributed by atoms with Gasteiger partial charge in [-0.15, -0.1) is 0 Å². The minimum absolute atomic E-state index is 0.0401. The number of carbonyl (C=O) groups is 2. The van der Waals surface area contributed by atoms with E-state index in [0.717, 1.165) is 25.2 Å². The standard InChI is InChI=1S/C27H31F4N3O3/c1-32-14-16-33(17-15-32)24(35)18-26(19-37-23-8-6-22(28)7-9-23)10-12-34(13-11-26)25(36)20-2-4-21(5-3-20)27(29,30)31/h2-9H,10-19H2,1H3. The monoisotopic (exact) mass is 521 g/mol. The van der Waals surface area contributed by atoms with Crippen LogP contribution < -0.4 is 4.74 Å². The van der Waals surface area contributed by atoms with Crippen molar-refractivity contribution >= 4 is 11.8 Å². The van der Waals surface area contributed by atoms with E-state index in [-0.39, 0.29) is 36.2 Å². The Kier molecular flexibility index (Phi) is 8.06. The molecule has 0 aromatic heterocycles. The number of nitrogens with zero attached hydrogens (tertiary/aromatic N) is 3. The Balaban J connectivity index is 1.43. The van der Waals surface area contributed by atoms with E-state index >= 15 is 0 Å². The molecule has 0 unspecified atom stereocenters. The van der Waals surface area contributed by atoms with Gasteiger partial charge in [0.05, 0.1) is 12.2 Å². The highest BCUT2D eigenvalue weighted by Gasteiger charge is 2.40. The van der Waals surface area contributed by atoms with Gasteiger partial charge < -0.3 is 19.4 Å². The van der Waals surface area contributed by atoms with Gasteiger partial charge in [-0.05, 0) is 68.4 Å². The third kappa shape index (κ3) is 6.80. The van der Waals surface area contributed by atoms with E-state index in [1.54, 1.807) is 4.90 Å². The van der Waals surface area contributed by atoms with Crippen LogP contribution in [0.15, 0.2) is 48.5 Å². The fraction of sp³-hybridized carbons (Fsp3) is 0.481. The average Bonchev–Trinajstić information content (AvgIpc) is 2.88. The smallest absolute Gasteiger partial charge is 0.416 e. The van der Waals surface area contributed by atoms with Crippen molar-refractivity contribution in [2.24, 2.45) is 5.41 Å². The lowest BCUT2D eigenvalue weighted by molar-refractivity contribution is -0.138. The minimum atomic E-state index is -4.47. The normalized spacial score (nSPS) is 18.5. The van der Waals surface area contributed by atoms with Gasteiger partial charge in [-0.25, -0.2) is 4.39 Å². The number of amides is 2. The van der Waals surface area contributed by atoms with Crippen molar-refractivity contribution in [2.45, 2.75) is 25.4 Å². The largest absolute Gasteiger partial charge is 0.493 e. The molecule has 0 N–H and O–H groups in total. The van der Waals surface area contributed by atoms with Crippen LogP contribution in [-0.2, 0) is 11.0 Å². The number of piperazine rings is 1. The van der Waals surface area contributed by atoms with Crippen LogP contribution in [0, 0.1) is 11.2 Å². The first kappa shape index (κ1) is 26.9. The average molecular weight is 522 g/mol. The van der Waals surface area contributed by atoms with Crippen LogP contribution in [0.25, 0.3) is 0 Å². The lowest BCUT2D eigenvalue weighted by Crippen LogP contribution is -2.51. The van der Waals surface area contributed by atoms with Crippen molar-refractivity contribution in [2.75, 3.05) is 52.9 Å². The Hall–Kier alpha value is -3.14. The first-order chi connectivity index (χ1) is 17.5. The number of hydrogen-bond donors (Lipinski definition) is 0. The van der Waals surface area contributed by atoms with E-state index in [9.17, 15) is 27.2 Å². The van der Waals surface area contributed by atoms with Gasteiger partial charge in [0.15, 0.2) is 0 Å². The summed E-state index contributed by atoms with van der Waals surface area (Å²) in [4.78, 5) is 31.8. The summed E-state index contributed by atoms with van der Waals surface area (Å²) in [7, 11) is 2.02. The molecule has 0 radical (unpaired) electrons. The summed E-state index contributed by atoms with van der Waals surface area (Å²) in [5, 5.41) is 0. The molecule has 2 aliphatic heterocycles. The number of likely N-dealkylation sites (N-methyl/N-ethyl adjacent to an activating group) is 1. The second kappa shape index (κ2) is 11.1. The summed E-state index contributed by atoms with van der Waals surface area (Å²) in [5.41, 5.74) is -1.13. The first-order valence-electron chi connectivity index (χ1n) is 12.4. The zero-order chi connectivity index (χ0) is 26.6. The molecular formula is C27H31F4N3O3. The number of alkyl halides is 3. The molecule has 6 nitrogen and oxygen atoms in total. The molecule has 0 spiro atoms. The molecule has 2 saturated heterocycles. The van der Waals surface area contributed by atoms with Crippen LogP contribution >= 0.6 is 0 Å². The van der Waals surface area contributed by atoms with E-state index < -0.39 is 17.2 Å². The summed E-state index contributed by atoms with van der Waals surface area (Å²) in [6.07, 6.45) is -3.20. The maximum Gasteiger partial charge on any atom is 0.416 e. The van der Waals surface area contributed by atoms with Crippen molar-refractivity contribution in [1.82, 2.24) is 14.7 Å². The van der Waals surface area contributed by atoms with Crippen molar-refractivity contribution in [3.05, 3.63) is 65.5 Å². The molecule has 4 rings (SSSR count). The van der Waals surface area contributed by atoms with Gasteiger partial charge in [0, 0.05) is 56.7 Å². The van der Waals surface area contributed by atoms with Gasteiger partial charge in [-0.2, -0.15) is 13.2 Å². The molecule has 2 aliphatic rings. The van der Waals surface area contributed by atoms with Crippen molar-refractivity contribution in [1.29, 1.82) is 0 Å². The number of halogens is 4. The molecule has 2 aromatic rings. The molecule has 37 heavy (non-hydrogen) atoms. The van der Waals surface area contributed by atoms with E-state index in [2.05, 4.69) is 4.90 Å². The number of piperidine rings is 1. The minimum Gasteiger partial charge on any atom is -0.493 e. The van der Waals surface area contributed by atoms with E-state index in [4.69, 9.17) is 4.74 Å². The van der Waals surface area contributed by atoms with Crippen LogP contribution in [0.1, 0.15) is 35.2 Å². The van der Waals surface area contributed by atoms with Crippen molar-refractivity contribution < 1.29 is 31.9 Å². The van der Waals surface area contributed by atoms with Crippen molar-refractivity contribution in [3.8, 4) is 5.75 Å². The fourth-order valence-corrected chi connectivity index (χ4v) is 4.80. The summed E-state index contributed by atoms with van der Waals surface area (Å²) < 4.78 is 57.9. The summed E-state index contributed by atoms with van der Waals surface area (Å²) in [6, 6.07) is 9.90. The van der Waals surface area contributed by atoms with E-state index in [1.165, 1.54) is 36.4 Å². The van der Waals surface area contributed by atoms with Crippen LogP contribution in [0.5, 0.6) is 5.75 Å². The third-order valence-corrected chi connectivity index (χ3v) is 7.31. The number of hydrogen-bond acceptors (Lipinski definition) is 4. The Bertz CT molecular complexity index is 1070. The first-order valence-corrected chi connectivity index (χ1v) is 12.4. The van der Waals surface area contributed by atoms with Gasteiger partial charge in [-0.1, -0.05) is 0 Å². The Morgan fingerprint density at radius 2 is 1.46 bits per heavy atom. The topological polar surface area (TPSA) is 53.1 Å². The second-order valence-corrected chi connectivity index (χ2v) is 9.97. The molecule has 200 valence electrons. The molecule has 2 fully saturated rings. The van der Waals surface area contributed by atoms with Gasteiger partial charge in [-0.3, -0.25) is 9.59 Å². The van der Waals surface area contributed by atoms with E-state index in [1.807, 2.05) is 11.9 Å². The molecule has 0 bridgehead atoms. The molecule has 0 aliphatic carbocycles. The maximum atomic E-state index is 13.3.